The Morgan fingerprint density at radius 3 is 2.70 bits per heavy atom. The standard InChI is InChI=1S/C18H26FN3O3.2ClH/c1-24-18(6-8-20-9-7-18)17(23)22-13-4-5-16(15(19)11-13)21-12-14-3-2-10-25-14;;/h4-5,11,14,20-21H,2-3,6-10,12H2,1H3,(H,22,23);2*1H. The average molecular weight is 424 g/mol. The average Bonchev–Trinajstić information content (AvgIpc) is 3.15. The fraction of sp³-hybridized carbons (Fsp3) is 0.611. The van der Waals surface area contributed by atoms with Crippen LogP contribution in [-0.4, -0.2) is 51.0 Å². The minimum absolute atomic E-state index is 0. The summed E-state index contributed by atoms with van der Waals surface area (Å²) in [6, 6.07) is 4.67. The van der Waals surface area contributed by atoms with Crippen LogP contribution in [0.2, 0.25) is 0 Å². The Morgan fingerprint density at radius 2 is 2.11 bits per heavy atom. The Morgan fingerprint density at radius 1 is 1.37 bits per heavy atom. The molecule has 2 fully saturated rings. The van der Waals surface area contributed by atoms with Crippen molar-refractivity contribution in [2.45, 2.75) is 37.4 Å². The van der Waals surface area contributed by atoms with E-state index in [0.29, 0.717) is 30.8 Å². The molecule has 1 unspecified atom stereocenters. The van der Waals surface area contributed by atoms with E-state index in [4.69, 9.17) is 9.47 Å². The fourth-order valence-corrected chi connectivity index (χ4v) is 3.36. The van der Waals surface area contributed by atoms with E-state index >= 15 is 0 Å². The predicted octanol–water partition coefficient (Wildman–Crippen LogP) is 2.97. The van der Waals surface area contributed by atoms with Crippen LogP contribution in [0.1, 0.15) is 25.7 Å². The van der Waals surface area contributed by atoms with Crippen molar-refractivity contribution in [1.82, 2.24) is 5.32 Å². The maximum Gasteiger partial charge on any atom is 0.256 e. The molecule has 1 amide bonds. The molecule has 0 aliphatic carbocycles. The third kappa shape index (κ3) is 5.93. The van der Waals surface area contributed by atoms with Gasteiger partial charge in [-0.25, -0.2) is 4.39 Å². The molecule has 27 heavy (non-hydrogen) atoms. The van der Waals surface area contributed by atoms with E-state index in [9.17, 15) is 9.18 Å². The maximum absolute atomic E-state index is 14.3. The largest absolute Gasteiger partial charge is 0.380 e. The smallest absolute Gasteiger partial charge is 0.256 e. The first-order valence-corrected chi connectivity index (χ1v) is 8.85. The molecule has 0 radical (unpaired) electrons. The van der Waals surface area contributed by atoms with Gasteiger partial charge in [-0.1, -0.05) is 0 Å². The number of piperidine rings is 1. The van der Waals surface area contributed by atoms with Crippen LogP contribution in [0.15, 0.2) is 18.2 Å². The fourth-order valence-electron chi connectivity index (χ4n) is 3.36. The first-order chi connectivity index (χ1) is 12.1. The lowest BCUT2D eigenvalue weighted by Crippen LogP contribution is -2.51. The Balaban J connectivity index is 0.00000182. The van der Waals surface area contributed by atoms with Crippen molar-refractivity contribution in [3.8, 4) is 0 Å². The summed E-state index contributed by atoms with van der Waals surface area (Å²) in [5.41, 5.74) is -0.00436. The van der Waals surface area contributed by atoms with Gasteiger partial charge in [-0.3, -0.25) is 4.79 Å². The molecule has 154 valence electrons. The molecule has 2 saturated heterocycles. The Labute approximate surface area is 171 Å². The van der Waals surface area contributed by atoms with E-state index < -0.39 is 11.4 Å². The van der Waals surface area contributed by atoms with Gasteiger partial charge in [-0.15, -0.1) is 24.8 Å². The third-order valence-corrected chi connectivity index (χ3v) is 4.99. The van der Waals surface area contributed by atoms with Crippen LogP contribution in [0.4, 0.5) is 15.8 Å². The molecule has 0 bridgehead atoms. The monoisotopic (exact) mass is 423 g/mol. The number of nitrogens with one attached hydrogen (secondary N) is 3. The Kier molecular flexibility index (Phi) is 9.76. The van der Waals surface area contributed by atoms with Crippen molar-refractivity contribution in [3.05, 3.63) is 24.0 Å². The van der Waals surface area contributed by atoms with Gasteiger partial charge in [0, 0.05) is 25.9 Å². The minimum Gasteiger partial charge on any atom is -0.380 e. The molecular weight excluding hydrogens is 396 g/mol. The lowest BCUT2D eigenvalue weighted by Gasteiger charge is -2.34. The van der Waals surface area contributed by atoms with E-state index in [2.05, 4.69) is 16.0 Å². The lowest BCUT2D eigenvalue weighted by molar-refractivity contribution is -0.140. The maximum atomic E-state index is 14.3. The highest BCUT2D eigenvalue weighted by Crippen LogP contribution is 2.26. The summed E-state index contributed by atoms with van der Waals surface area (Å²) < 4.78 is 25.3. The first-order valence-electron chi connectivity index (χ1n) is 8.85. The van der Waals surface area contributed by atoms with E-state index in [0.717, 1.165) is 32.5 Å². The van der Waals surface area contributed by atoms with Crippen LogP contribution in [0.25, 0.3) is 0 Å². The Hall–Kier alpha value is -1.12. The van der Waals surface area contributed by atoms with Crippen molar-refractivity contribution < 1.29 is 18.7 Å². The summed E-state index contributed by atoms with van der Waals surface area (Å²) in [5.74, 6) is -0.622. The number of rotatable bonds is 6. The highest BCUT2D eigenvalue weighted by Gasteiger charge is 2.39. The second kappa shape index (κ2) is 11.0. The van der Waals surface area contributed by atoms with Crippen molar-refractivity contribution in [2.75, 3.05) is 44.0 Å². The predicted molar refractivity (Wildman–Crippen MR) is 109 cm³/mol. The van der Waals surface area contributed by atoms with Gasteiger partial charge in [0.2, 0.25) is 0 Å². The molecule has 1 aromatic carbocycles. The van der Waals surface area contributed by atoms with Gasteiger partial charge in [0.15, 0.2) is 0 Å². The zero-order valence-corrected chi connectivity index (χ0v) is 17.0. The van der Waals surface area contributed by atoms with Gasteiger partial charge in [0.25, 0.3) is 5.91 Å². The van der Waals surface area contributed by atoms with Crippen molar-refractivity contribution in [3.63, 3.8) is 0 Å². The quantitative estimate of drug-likeness (QED) is 0.655. The summed E-state index contributed by atoms with van der Waals surface area (Å²) in [6.45, 7) is 2.81. The van der Waals surface area contributed by atoms with Crippen LogP contribution < -0.4 is 16.0 Å². The molecule has 2 aliphatic heterocycles. The van der Waals surface area contributed by atoms with Gasteiger partial charge in [0.1, 0.15) is 11.4 Å². The highest BCUT2D eigenvalue weighted by molar-refractivity contribution is 5.97. The zero-order chi connectivity index (χ0) is 17.7. The molecule has 0 spiro atoms. The number of halogens is 3. The van der Waals surface area contributed by atoms with Crippen LogP contribution in [-0.2, 0) is 14.3 Å². The molecule has 3 rings (SSSR count). The van der Waals surface area contributed by atoms with Crippen LogP contribution in [0, 0.1) is 5.82 Å². The van der Waals surface area contributed by atoms with Gasteiger partial charge in [0.05, 0.1) is 11.8 Å². The molecule has 2 aliphatic rings. The van der Waals surface area contributed by atoms with Crippen LogP contribution in [0.3, 0.4) is 0 Å². The molecule has 1 atom stereocenters. The number of hydrogen-bond acceptors (Lipinski definition) is 5. The summed E-state index contributed by atoms with van der Waals surface area (Å²) in [6.07, 6.45) is 3.38. The van der Waals surface area contributed by atoms with Crippen molar-refractivity contribution in [1.29, 1.82) is 0 Å². The van der Waals surface area contributed by atoms with Crippen LogP contribution in [0.5, 0.6) is 0 Å². The number of methoxy groups -OCH3 is 1. The van der Waals surface area contributed by atoms with Crippen molar-refractivity contribution in [2.24, 2.45) is 0 Å². The van der Waals surface area contributed by atoms with E-state index in [1.54, 1.807) is 19.2 Å². The van der Waals surface area contributed by atoms with Gasteiger partial charge in [-0.05, 0) is 57.0 Å². The second-order valence-corrected chi connectivity index (χ2v) is 6.61. The first kappa shape index (κ1) is 23.9. The summed E-state index contributed by atoms with van der Waals surface area (Å²) in [7, 11) is 1.55. The molecule has 9 heteroatoms. The lowest BCUT2D eigenvalue weighted by atomic mass is 9.91. The number of ether oxygens (including phenoxy) is 2. The van der Waals surface area contributed by atoms with Gasteiger partial charge >= 0.3 is 0 Å². The summed E-state index contributed by atoms with van der Waals surface area (Å²) >= 11 is 0. The summed E-state index contributed by atoms with van der Waals surface area (Å²) in [4.78, 5) is 12.6. The van der Waals surface area contributed by atoms with Crippen molar-refractivity contribution >= 4 is 42.1 Å². The number of carbonyl (C=O) groups excluding carboxylic acids is 1. The number of anilines is 2. The van der Waals surface area contributed by atoms with E-state index in [-0.39, 0.29) is 36.8 Å². The molecule has 2 heterocycles. The molecule has 3 N–H and O–H groups in total. The second-order valence-electron chi connectivity index (χ2n) is 6.61. The third-order valence-electron chi connectivity index (χ3n) is 4.99. The zero-order valence-electron chi connectivity index (χ0n) is 15.4. The number of hydrogen-bond donors (Lipinski definition) is 3. The SMILES string of the molecule is COC1(C(=O)Nc2ccc(NCC3CCCO3)c(F)c2)CCNCC1.Cl.Cl. The number of benzene rings is 1. The van der Waals surface area contributed by atoms with E-state index in [1.807, 2.05) is 0 Å². The van der Waals surface area contributed by atoms with Crippen LogP contribution >= 0.6 is 24.8 Å². The van der Waals surface area contributed by atoms with Gasteiger partial charge in [-0.2, -0.15) is 0 Å². The number of amides is 1. The molecule has 6 nitrogen and oxygen atoms in total. The molecule has 0 aromatic heterocycles. The molecular formula is C18H28Cl2FN3O3. The Bertz CT molecular complexity index is 610. The van der Waals surface area contributed by atoms with E-state index in [1.165, 1.54) is 6.07 Å². The topological polar surface area (TPSA) is 71.6 Å². The molecule has 0 saturated carbocycles. The van der Waals surface area contributed by atoms with Gasteiger partial charge < -0.3 is 25.4 Å². The molecule has 1 aromatic rings. The number of carbonyl (C=O) groups is 1. The highest BCUT2D eigenvalue weighted by atomic mass is 35.5. The summed E-state index contributed by atoms with van der Waals surface area (Å²) in [5, 5.41) is 9.06. The minimum atomic E-state index is -0.849. The normalized spacial score (nSPS) is 20.9.